The Balaban J connectivity index is -0.000000594. The molecule has 13 nitrogen and oxygen atoms in total. The molecule has 0 radical (unpaired) electrons. The average Bonchev–Trinajstić information content (AvgIpc) is 3.10. The van der Waals surface area contributed by atoms with E-state index in [4.69, 9.17) is 23.5 Å². The molecule has 2 heterocycles. The topological polar surface area (TPSA) is 220 Å². The molecular formula is C38H56N2O11SiTi. The number of aromatic nitrogens is 2. The van der Waals surface area contributed by atoms with Gasteiger partial charge >= 0.3 is 30.5 Å². The summed E-state index contributed by atoms with van der Waals surface area (Å²) in [5, 5.41) is 58.8. The maximum Gasteiger partial charge on any atom is 4.00 e. The third-order valence-corrected chi connectivity index (χ3v) is 9.11. The summed E-state index contributed by atoms with van der Waals surface area (Å²) in [6, 6.07) is 21.9. The van der Waals surface area contributed by atoms with Crippen LogP contribution in [0.2, 0.25) is 6.04 Å². The number of carbonyl (C=O) groups is 2. The van der Waals surface area contributed by atoms with Gasteiger partial charge in [0.15, 0.2) is 0 Å². The SMILES string of the molecule is CC(C)[O-].CC(C)[O-].CC(O)CCCCO.CCC[Si](OC)(OC)OC.O=C([O-])c1ccc2ccccc2n1.O=C([O-])c1ccc2ccccc2n1.[Ti+4]. The van der Waals surface area contributed by atoms with E-state index in [2.05, 4.69) is 16.9 Å². The van der Waals surface area contributed by atoms with Crippen LogP contribution in [0.4, 0.5) is 0 Å². The summed E-state index contributed by atoms with van der Waals surface area (Å²) in [7, 11) is 2.68. The van der Waals surface area contributed by atoms with Crippen molar-refractivity contribution in [3.8, 4) is 0 Å². The first-order chi connectivity index (χ1) is 24.5. The summed E-state index contributed by atoms with van der Waals surface area (Å²) < 4.78 is 15.5. The van der Waals surface area contributed by atoms with Crippen LogP contribution in [0.5, 0.6) is 0 Å². The number of para-hydroxylation sites is 2. The van der Waals surface area contributed by atoms with Gasteiger partial charge in [-0.25, -0.2) is 9.97 Å². The van der Waals surface area contributed by atoms with Crippen LogP contribution in [-0.2, 0) is 35.0 Å². The molecular weight excluding hydrogens is 736 g/mol. The zero-order chi connectivity index (χ0) is 40.1. The van der Waals surface area contributed by atoms with E-state index in [1.807, 2.05) is 36.4 Å². The Morgan fingerprint density at radius 2 is 1.06 bits per heavy atom. The maximum atomic E-state index is 10.5. The van der Waals surface area contributed by atoms with Crippen molar-refractivity contribution in [2.24, 2.45) is 0 Å². The Morgan fingerprint density at radius 3 is 1.32 bits per heavy atom. The van der Waals surface area contributed by atoms with Crippen molar-refractivity contribution in [2.45, 2.75) is 91.6 Å². The van der Waals surface area contributed by atoms with E-state index in [-0.39, 0.29) is 45.8 Å². The fraction of sp³-hybridized carbons (Fsp3) is 0.474. The summed E-state index contributed by atoms with van der Waals surface area (Å²) in [5.74, 6) is -2.49. The first-order valence-electron chi connectivity index (χ1n) is 16.9. The Labute approximate surface area is 330 Å². The Morgan fingerprint density at radius 1 is 0.698 bits per heavy atom. The summed E-state index contributed by atoms with van der Waals surface area (Å²) >= 11 is 0. The summed E-state index contributed by atoms with van der Waals surface area (Å²) in [5.41, 5.74) is 1.28. The molecule has 0 aliphatic rings. The summed E-state index contributed by atoms with van der Waals surface area (Å²) in [4.78, 5) is 28.8. The minimum Gasteiger partial charge on any atom is -0.852 e. The van der Waals surface area contributed by atoms with E-state index in [0.717, 1.165) is 42.5 Å². The predicted octanol–water partition coefficient (Wildman–Crippen LogP) is 2.51. The van der Waals surface area contributed by atoms with Crippen LogP contribution < -0.4 is 20.4 Å². The van der Waals surface area contributed by atoms with Gasteiger partial charge in [0.2, 0.25) is 0 Å². The number of carboxylic acids is 2. The van der Waals surface area contributed by atoms with Crippen LogP contribution in [0.15, 0.2) is 72.8 Å². The number of carboxylic acid groups (broad SMARTS) is 2. The van der Waals surface area contributed by atoms with Crippen molar-refractivity contribution in [1.29, 1.82) is 0 Å². The van der Waals surface area contributed by atoms with Gasteiger partial charge in [0, 0.05) is 44.8 Å². The van der Waals surface area contributed by atoms with Gasteiger partial charge in [0.25, 0.3) is 0 Å². The van der Waals surface area contributed by atoms with Crippen LogP contribution in [-0.4, -0.2) is 87.2 Å². The molecule has 0 saturated heterocycles. The Kier molecular flexibility index (Phi) is 33.0. The van der Waals surface area contributed by atoms with E-state index >= 15 is 0 Å². The molecule has 53 heavy (non-hydrogen) atoms. The standard InChI is InChI=1S/2C10H7NO2.C6H16O3Si.C6H14O2.2C3H7O.Ti/c2*12-10(13)9-6-5-7-3-1-2-4-8(7)11-9;1-5-6-10(7-2,8-3)9-4;1-6(8)4-2-3-5-7;2*1-3(2)4;/h2*1-6H,(H,12,13);5-6H2,1-4H3;6-8H,2-5H2,1H3;2*3H,1-2H3;/q;;;;2*-1;+4/p-2. The molecule has 1 unspecified atom stereocenters. The van der Waals surface area contributed by atoms with E-state index in [1.54, 1.807) is 80.2 Å². The number of nitrogens with zero attached hydrogens (tertiary/aromatic N) is 2. The molecule has 2 aromatic carbocycles. The number of hydrogen-bond donors (Lipinski definition) is 2. The van der Waals surface area contributed by atoms with Crippen LogP contribution in [0.3, 0.4) is 0 Å². The quantitative estimate of drug-likeness (QED) is 0.165. The second-order valence-electron chi connectivity index (χ2n) is 11.6. The number of fused-ring (bicyclic) bond motifs is 2. The number of unbranched alkanes of at least 4 members (excludes halogenated alkanes) is 1. The Hall–Kier alpha value is -3.15. The van der Waals surface area contributed by atoms with Crippen molar-refractivity contribution < 1.29 is 75.2 Å². The molecule has 0 saturated carbocycles. The van der Waals surface area contributed by atoms with Gasteiger partial charge in [-0.2, -0.15) is 0 Å². The van der Waals surface area contributed by atoms with Gasteiger partial charge in [-0.15, -0.1) is 12.2 Å². The van der Waals surface area contributed by atoms with Crippen molar-refractivity contribution in [1.82, 2.24) is 9.97 Å². The van der Waals surface area contributed by atoms with Crippen LogP contribution in [0.25, 0.3) is 21.8 Å². The van der Waals surface area contributed by atoms with E-state index in [1.165, 1.54) is 12.1 Å². The second kappa shape index (κ2) is 32.3. The number of pyridine rings is 2. The number of rotatable bonds is 11. The molecule has 0 aliphatic heterocycles. The molecule has 15 heteroatoms. The van der Waals surface area contributed by atoms with Crippen molar-refractivity contribution >= 4 is 42.5 Å². The van der Waals surface area contributed by atoms with E-state index in [9.17, 15) is 30.0 Å². The van der Waals surface area contributed by atoms with Gasteiger partial charge in [0.05, 0.1) is 40.5 Å². The van der Waals surface area contributed by atoms with Gasteiger partial charge in [-0.3, -0.25) is 0 Å². The minimum absolute atomic E-state index is 0. The third-order valence-electron chi connectivity index (χ3n) is 6.13. The van der Waals surface area contributed by atoms with Gasteiger partial charge < -0.3 is 53.5 Å². The second-order valence-corrected chi connectivity index (χ2v) is 14.7. The number of aliphatic hydroxyl groups excluding tert-OH is 2. The largest absolute Gasteiger partial charge is 4.00 e. The molecule has 2 N–H and O–H groups in total. The predicted molar refractivity (Wildman–Crippen MR) is 197 cm³/mol. The van der Waals surface area contributed by atoms with Crippen LogP contribution >= 0.6 is 0 Å². The van der Waals surface area contributed by atoms with Gasteiger partial charge in [-0.1, -0.05) is 89.6 Å². The first kappa shape index (κ1) is 54.2. The number of hydrogen-bond acceptors (Lipinski definition) is 13. The molecule has 1 atom stereocenters. The van der Waals surface area contributed by atoms with Crippen molar-refractivity contribution in [3.63, 3.8) is 0 Å². The van der Waals surface area contributed by atoms with Crippen molar-refractivity contribution in [3.05, 3.63) is 84.2 Å². The minimum atomic E-state index is -2.22. The smallest absolute Gasteiger partial charge is 0.852 e. The summed E-state index contributed by atoms with van der Waals surface area (Å²) in [6.45, 7) is 10.5. The van der Waals surface area contributed by atoms with Gasteiger partial charge in [0.1, 0.15) is 0 Å². The van der Waals surface area contributed by atoms with Crippen LogP contribution in [0, 0.1) is 0 Å². The molecule has 4 rings (SSSR count). The number of aromatic carboxylic acids is 2. The maximum absolute atomic E-state index is 10.5. The molecule has 4 aromatic rings. The number of aliphatic hydroxyl groups is 2. The van der Waals surface area contributed by atoms with E-state index < -0.39 is 33.0 Å². The fourth-order valence-electron chi connectivity index (χ4n) is 3.77. The fourth-order valence-corrected chi connectivity index (χ4v) is 5.50. The van der Waals surface area contributed by atoms with Crippen molar-refractivity contribution in [2.75, 3.05) is 27.9 Å². The molecule has 0 amide bonds. The normalized spacial score (nSPS) is 10.7. The molecule has 0 fully saturated rings. The monoisotopic (exact) mass is 792 g/mol. The van der Waals surface area contributed by atoms with E-state index in [0.29, 0.717) is 11.0 Å². The molecule has 0 bridgehead atoms. The third kappa shape index (κ3) is 27.1. The number of benzene rings is 2. The summed E-state index contributed by atoms with van der Waals surface area (Å²) in [6.07, 6.45) is 2.53. The zero-order valence-corrected chi connectivity index (χ0v) is 34.9. The van der Waals surface area contributed by atoms with Crippen LogP contribution in [0.1, 0.15) is 88.2 Å². The zero-order valence-electron chi connectivity index (χ0n) is 32.4. The molecule has 292 valence electrons. The molecule has 2 aromatic heterocycles. The molecule has 0 aliphatic carbocycles. The molecule has 0 spiro atoms. The first-order valence-corrected chi connectivity index (χ1v) is 18.9. The van der Waals surface area contributed by atoms with Gasteiger partial charge in [-0.05, 0) is 50.5 Å². The Bertz CT molecular complexity index is 1420. The average molecular weight is 793 g/mol. The number of carbonyl (C=O) groups excluding carboxylic acids is 2.